The Hall–Kier alpha value is -1.91. The first-order valence-corrected chi connectivity index (χ1v) is 9.01. The van der Waals surface area contributed by atoms with Crippen LogP contribution in [0.5, 0.6) is 0 Å². The van der Waals surface area contributed by atoms with Crippen LogP contribution in [0.1, 0.15) is 35.7 Å². The predicted octanol–water partition coefficient (Wildman–Crippen LogP) is 5.05. The fourth-order valence-electron chi connectivity index (χ4n) is 3.27. The molecule has 1 aliphatic heterocycles. The van der Waals surface area contributed by atoms with Crippen molar-refractivity contribution in [2.24, 2.45) is 0 Å². The van der Waals surface area contributed by atoms with E-state index in [0.717, 1.165) is 24.3 Å². The van der Waals surface area contributed by atoms with Crippen LogP contribution >= 0.6 is 11.3 Å². The molecule has 0 spiro atoms. The molecule has 4 heteroatoms. The highest BCUT2D eigenvalue weighted by molar-refractivity contribution is 7.07. The number of hydrogen-bond donors (Lipinski definition) is 0. The quantitative estimate of drug-likeness (QED) is 0.672. The average Bonchev–Trinajstić information content (AvgIpc) is 3.29. The van der Waals surface area contributed by atoms with Gasteiger partial charge in [0, 0.05) is 18.2 Å². The van der Waals surface area contributed by atoms with Crippen molar-refractivity contribution >= 4 is 11.3 Å². The second-order valence-corrected chi connectivity index (χ2v) is 6.98. The summed E-state index contributed by atoms with van der Waals surface area (Å²) < 4.78 is 5.69. The standard InChI is InChI=1S/C19H20N2OS/c1-14-4-6-15(7-5-14)19-20-17(12-22-19)11-21-9-2-3-18(21)16-8-10-23-13-16/h4-8,10,12-13,18H,2-3,9,11H2,1H3. The SMILES string of the molecule is Cc1ccc(-c2nc(CN3CCCC3c3ccsc3)co2)cc1. The number of nitrogens with zero attached hydrogens (tertiary/aromatic N) is 2. The first-order chi connectivity index (χ1) is 11.3. The van der Waals surface area contributed by atoms with E-state index in [1.54, 1.807) is 17.6 Å². The number of aryl methyl sites for hydroxylation is 1. The highest BCUT2D eigenvalue weighted by atomic mass is 32.1. The van der Waals surface area contributed by atoms with Gasteiger partial charge in [0.1, 0.15) is 6.26 Å². The first-order valence-electron chi connectivity index (χ1n) is 8.07. The van der Waals surface area contributed by atoms with Gasteiger partial charge in [-0.3, -0.25) is 4.90 Å². The van der Waals surface area contributed by atoms with E-state index in [0.29, 0.717) is 11.9 Å². The van der Waals surface area contributed by atoms with E-state index in [1.165, 1.54) is 24.0 Å². The Bertz CT molecular complexity index is 761. The van der Waals surface area contributed by atoms with Crippen molar-refractivity contribution in [1.82, 2.24) is 9.88 Å². The van der Waals surface area contributed by atoms with Crippen molar-refractivity contribution in [3.05, 3.63) is 64.2 Å². The molecule has 1 aliphatic rings. The highest BCUT2D eigenvalue weighted by Gasteiger charge is 2.27. The molecule has 0 saturated carbocycles. The third-order valence-electron chi connectivity index (χ3n) is 4.51. The van der Waals surface area contributed by atoms with E-state index < -0.39 is 0 Å². The summed E-state index contributed by atoms with van der Waals surface area (Å²) in [5, 5.41) is 4.43. The smallest absolute Gasteiger partial charge is 0.226 e. The van der Waals surface area contributed by atoms with Crippen molar-refractivity contribution in [2.75, 3.05) is 6.54 Å². The van der Waals surface area contributed by atoms with Gasteiger partial charge in [0.05, 0.1) is 5.69 Å². The maximum atomic E-state index is 5.69. The first kappa shape index (κ1) is 14.7. The summed E-state index contributed by atoms with van der Waals surface area (Å²) in [6.45, 7) is 4.08. The maximum Gasteiger partial charge on any atom is 0.226 e. The van der Waals surface area contributed by atoms with Crippen LogP contribution in [0.4, 0.5) is 0 Å². The number of rotatable bonds is 4. The fraction of sp³-hybridized carbons (Fsp3) is 0.316. The van der Waals surface area contributed by atoms with Gasteiger partial charge in [0.25, 0.3) is 0 Å². The van der Waals surface area contributed by atoms with E-state index in [2.05, 4.69) is 57.9 Å². The molecule has 0 aliphatic carbocycles. The molecule has 0 N–H and O–H groups in total. The third kappa shape index (κ3) is 3.09. The molecule has 1 fully saturated rings. The number of benzene rings is 1. The lowest BCUT2D eigenvalue weighted by Gasteiger charge is -2.22. The van der Waals surface area contributed by atoms with Crippen molar-refractivity contribution < 1.29 is 4.42 Å². The topological polar surface area (TPSA) is 29.3 Å². The molecule has 4 rings (SSSR count). The van der Waals surface area contributed by atoms with E-state index in [4.69, 9.17) is 4.42 Å². The molecule has 1 atom stereocenters. The Balaban J connectivity index is 1.50. The maximum absolute atomic E-state index is 5.69. The van der Waals surface area contributed by atoms with Crippen molar-refractivity contribution in [1.29, 1.82) is 0 Å². The Morgan fingerprint density at radius 3 is 2.91 bits per heavy atom. The number of oxazole rings is 1. The minimum atomic E-state index is 0.528. The molecule has 1 aromatic carbocycles. The van der Waals surface area contributed by atoms with Crippen LogP contribution in [0.25, 0.3) is 11.5 Å². The molecular weight excluding hydrogens is 304 g/mol. The van der Waals surface area contributed by atoms with E-state index in [9.17, 15) is 0 Å². The van der Waals surface area contributed by atoms with Crippen LogP contribution in [0.15, 0.2) is 51.8 Å². The van der Waals surface area contributed by atoms with E-state index in [1.807, 2.05) is 0 Å². The molecule has 3 nitrogen and oxygen atoms in total. The number of hydrogen-bond acceptors (Lipinski definition) is 4. The minimum Gasteiger partial charge on any atom is -0.444 e. The van der Waals surface area contributed by atoms with Crippen LogP contribution in [-0.2, 0) is 6.54 Å². The Labute approximate surface area is 140 Å². The van der Waals surface area contributed by atoms with Gasteiger partial charge in [0.15, 0.2) is 0 Å². The number of aromatic nitrogens is 1. The average molecular weight is 324 g/mol. The summed E-state index contributed by atoms with van der Waals surface area (Å²) in [4.78, 5) is 7.20. The Kier molecular flexibility index (Phi) is 4.02. The van der Waals surface area contributed by atoms with Crippen molar-refractivity contribution in [2.45, 2.75) is 32.4 Å². The monoisotopic (exact) mass is 324 g/mol. The zero-order valence-corrected chi connectivity index (χ0v) is 14.1. The predicted molar refractivity (Wildman–Crippen MR) is 93.4 cm³/mol. The molecule has 1 unspecified atom stereocenters. The van der Waals surface area contributed by atoms with Crippen LogP contribution in [-0.4, -0.2) is 16.4 Å². The molecule has 0 radical (unpaired) electrons. The zero-order valence-electron chi connectivity index (χ0n) is 13.2. The lowest BCUT2D eigenvalue weighted by molar-refractivity contribution is 0.246. The largest absolute Gasteiger partial charge is 0.444 e. The van der Waals surface area contributed by atoms with Crippen LogP contribution in [0, 0.1) is 6.92 Å². The van der Waals surface area contributed by atoms with Gasteiger partial charge in [0.2, 0.25) is 5.89 Å². The highest BCUT2D eigenvalue weighted by Crippen LogP contribution is 2.34. The molecule has 3 aromatic rings. The lowest BCUT2D eigenvalue weighted by Crippen LogP contribution is -2.22. The molecule has 118 valence electrons. The van der Waals surface area contributed by atoms with Crippen LogP contribution in [0.3, 0.4) is 0 Å². The van der Waals surface area contributed by atoms with Crippen LogP contribution < -0.4 is 0 Å². The summed E-state index contributed by atoms with van der Waals surface area (Å²) in [5.41, 5.74) is 4.74. The minimum absolute atomic E-state index is 0.528. The summed E-state index contributed by atoms with van der Waals surface area (Å²) in [5.74, 6) is 0.714. The summed E-state index contributed by atoms with van der Waals surface area (Å²) in [6, 6.07) is 11.1. The van der Waals surface area contributed by atoms with Crippen molar-refractivity contribution in [3.8, 4) is 11.5 Å². The van der Waals surface area contributed by atoms with Gasteiger partial charge in [-0.15, -0.1) is 0 Å². The molecule has 1 saturated heterocycles. The van der Waals surface area contributed by atoms with E-state index in [-0.39, 0.29) is 0 Å². The molecule has 23 heavy (non-hydrogen) atoms. The van der Waals surface area contributed by atoms with Gasteiger partial charge in [-0.2, -0.15) is 11.3 Å². The second kappa shape index (κ2) is 6.30. The van der Waals surface area contributed by atoms with Crippen molar-refractivity contribution in [3.63, 3.8) is 0 Å². The zero-order chi connectivity index (χ0) is 15.6. The third-order valence-corrected chi connectivity index (χ3v) is 5.21. The van der Waals surface area contributed by atoms with Gasteiger partial charge >= 0.3 is 0 Å². The van der Waals surface area contributed by atoms with E-state index >= 15 is 0 Å². The Morgan fingerprint density at radius 2 is 2.13 bits per heavy atom. The fourth-order valence-corrected chi connectivity index (χ4v) is 3.98. The number of thiophene rings is 1. The Morgan fingerprint density at radius 1 is 1.26 bits per heavy atom. The molecule has 0 bridgehead atoms. The number of likely N-dealkylation sites (tertiary alicyclic amines) is 1. The van der Waals surface area contributed by atoms with Gasteiger partial charge in [-0.05, 0) is 60.8 Å². The lowest BCUT2D eigenvalue weighted by atomic mass is 10.1. The summed E-state index contributed by atoms with van der Waals surface area (Å²) in [7, 11) is 0. The van der Waals surface area contributed by atoms with Gasteiger partial charge in [-0.1, -0.05) is 17.7 Å². The molecule has 3 heterocycles. The summed E-state index contributed by atoms with van der Waals surface area (Å²) in [6.07, 6.45) is 4.29. The van der Waals surface area contributed by atoms with Crippen LogP contribution in [0.2, 0.25) is 0 Å². The molecule has 0 amide bonds. The molecule has 2 aromatic heterocycles. The van der Waals surface area contributed by atoms with Gasteiger partial charge in [-0.25, -0.2) is 4.98 Å². The summed E-state index contributed by atoms with van der Waals surface area (Å²) >= 11 is 1.78. The molecular formula is C19H20N2OS. The normalized spacial score (nSPS) is 18.6. The van der Waals surface area contributed by atoms with Gasteiger partial charge < -0.3 is 4.42 Å². The second-order valence-electron chi connectivity index (χ2n) is 6.20.